The van der Waals surface area contributed by atoms with Crippen LogP contribution in [0.4, 0.5) is 18.9 Å². The van der Waals surface area contributed by atoms with Crippen LogP contribution in [0.15, 0.2) is 24.3 Å². The van der Waals surface area contributed by atoms with Crippen LogP contribution in [0.5, 0.6) is 0 Å². The van der Waals surface area contributed by atoms with E-state index in [0.29, 0.717) is 6.07 Å². The van der Waals surface area contributed by atoms with E-state index in [-0.39, 0.29) is 5.56 Å². The molecule has 1 aromatic rings. The van der Waals surface area contributed by atoms with Crippen LogP contribution in [0.1, 0.15) is 11.1 Å². The number of hydrogen-bond donors (Lipinski definition) is 0. The quantitative estimate of drug-likeness (QED) is 0.368. The number of methoxy groups -OCH3 is 1. The van der Waals surface area contributed by atoms with Crippen molar-refractivity contribution in [2.24, 2.45) is 0 Å². The molecule has 0 saturated carbocycles. The lowest BCUT2D eigenvalue weighted by molar-refractivity contribution is -0.388. The van der Waals surface area contributed by atoms with E-state index in [0.717, 1.165) is 31.4 Å². The third-order valence-corrected chi connectivity index (χ3v) is 2.14. The van der Waals surface area contributed by atoms with Gasteiger partial charge in [0, 0.05) is 12.1 Å². The molecule has 0 radical (unpaired) electrons. The molecule has 0 heterocycles. The standard InChI is InChI=1S/C11H8F3NO4/c1-19-10(16)5-3-7-2-4-8(11(12,13)14)9(6-7)15(17)18/h2-6H,1H3. The van der Waals surface area contributed by atoms with Gasteiger partial charge in [0.15, 0.2) is 0 Å². The number of rotatable bonds is 3. The number of nitro groups is 1. The first-order valence-corrected chi connectivity index (χ1v) is 4.87. The average Bonchev–Trinajstić information content (AvgIpc) is 2.34. The molecule has 0 aliphatic heterocycles. The van der Waals surface area contributed by atoms with E-state index in [1.54, 1.807) is 0 Å². The molecule has 0 aliphatic rings. The van der Waals surface area contributed by atoms with Gasteiger partial charge in [-0.15, -0.1) is 0 Å². The minimum absolute atomic E-state index is 0.0881. The maximum absolute atomic E-state index is 12.5. The number of hydrogen-bond acceptors (Lipinski definition) is 4. The van der Waals surface area contributed by atoms with Gasteiger partial charge in [-0.05, 0) is 17.7 Å². The van der Waals surface area contributed by atoms with Crippen LogP contribution in [0.25, 0.3) is 6.08 Å². The van der Waals surface area contributed by atoms with Gasteiger partial charge in [0.05, 0.1) is 12.0 Å². The summed E-state index contributed by atoms with van der Waals surface area (Å²) in [5.74, 6) is -0.720. The highest BCUT2D eigenvalue weighted by Gasteiger charge is 2.38. The van der Waals surface area contributed by atoms with Gasteiger partial charge in [-0.25, -0.2) is 4.79 Å². The second kappa shape index (κ2) is 5.51. The van der Waals surface area contributed by atoms with Crippen LogP contribution in [0.2, 0.25) is 0 Å². The second-order valence-corrected chi connectivity index (χ2v) is 3.39. The Morgan fingerprint density at radius 1 is 1.42 bits per heavy atom. The molecular formula is C11H8F3NO4. The fourth-order valence-corrected chi connectivity index (χ4v) is 1.28. The summed E-state index contributed by atoms with van der Waals surface area (Å²) in [4.78, 5) is 20.3. The molecule has 0 fully saturated rings. The Labute approximate surface area is 105 Å². The number of halogens is 3. The van der Waals surface area contributed by atoms with Gasteiger partial charge < -0.3 is 4.74 Å². The van der Waals surface area contributed by atoms with Crippen LogP contribution in [0.3, 0.4) is 0 Å². The van der Waals surface area contributed by atoms with Gasteiger partial charge in [0.1, 0.15) is 5.56 Å². The Balaban J connectivity index is 3.21. The topological polar surface area (TPSA) is 69.4 Å². The van der Waals surface area contributed by atoms with E-state index in [1.165, 1.54) is 0 Å². The Morgan fingerprint density at radius 2 is 2.05 bits per heavy atom. The number of carbonyl (C=O) groups is 1. The lowest BCUT2D eigenvalue weighted by Gasteiger charge is -2.07. The minimum atomic E-state index is -4.81. The summed E-state index contributed by atoms with van der Waals surface area (Å²) in [6.07, 6.45) is -2.74. The largest absolute Gasteiger partial charge is 0.466 e. The first-order chi connectivity index (χ1) is 8.75. The Hall–Kier alpha value is -2.38. The smallest absolute Gasteiger partial charge is 0.422 e. The molecule has 19 heavy (non-hydrogen) atoms. The average molecular weight is 275 g/mol. The minimum Gasteiger partial charge on any atom is -0.466 e. The summed E-state index contributed by atoms with van der Waals surface area (Å²) in [6, 6.07) is 2.35. The van der Waals surface area contributed by atoms with Gasteiger partial charge in [-0.3, -0.25) is 10.1 Å². The van der Waals surface area contributed by atoms with Gasteiger partial charge >= 0.3 is 12.1 Å². The fraction of sp³-hybridized carbons (Fsp3) is 0.182. The third kappa shape index (κ3) is 3.80. The summed E-state index contributed by atoms with van der Waals surface area (Å²) in [5, 5.41) is 10.6. The van der Waals surface area contributed by atoms with E-state index in [1.807, 2.05) is 0 Å². The van der Waals surface area contributed by atoms with E-state index in [4.69, 9.17) is 0 Å². The zero-order chi connectivity index (χ0) is 14.6. The van der Waals surface area contributed by atoms with Crippen molar-refractivity contribution in [2.45, 2.75) is 6.18 Å². The van der Waals surface area contributed by atoms with E-state index >= 15 is 0 Å². The Kier molecular flexibility index (Phi) is 4.26. The van der Waals surface area contributed by atoms with Crippen molar-refractivity contribution in [3.8, 4) is 0 Å². The number of nitrogens with zero attached hydrogens (tertiary/aromatic N) is 1. The fourth-order valence-electron chi connectivity index (χ4n) is 1.28. The van der Waals surface area contributed by atoms with E-state index < -0.39 is 28.3 Å². The van der Waals surface area contributed by atoms with E-state index in [2.05, 4.69) is 4.74 Å². The SMILES string of the molecule is COC(=O)C=Cc1ccc(C(F)(F)F)c([N+](=O)[O-])c1. The first-order valence-electron chi connectivity index (χ1n) is 4.87. The predicted octanol–water partition coefficient (Wildman–Crippen LogP) is 2.80. The van der Waals surface area contributed by atoms with Crippen molar-refractivity contribution >= 4 is 17.7 Å². The number of benzene rings is 1. The highest BCUT2D eigenvalue weighted by Crippen LogP contribution is 2.36. The van der Waals surface area contributed by atoms with E-state index in [9.17, 15) is 28.1 Å². The molecule has 1 aromatic carbocycles. The van der Waals surface area contributed by atoms with Crippen LogP contribution in [-0.4, -0.2) is 18.0 Å². The van der Waals surface area contributed by atoms with Crippen molar-refractivity contribution in [1.29, 1.82) is 0 Å². The molecule has 0 N–H and O–H groups in total. The first kappa shape index (κ1) is 14.7. The Bertz CT molecular complexity index is 537. The summed E-state index contributed by atoms with van der Waals surface area (Å²) in [7, 11) is 1.13. The lowest BCUT2D eigenvalue weighted by atomic mass is 10.1. The summed E-state index contributed by atoms with van der Waals surface area (Å²) in [5.41, 5.74) is -2.32. The van der Waals surface area contributed by atoms with Crippen molar-refractivity contribution in [3.05, 3.63) is 45.5 Å². The summed E-state index contributed by atoms with van der Waals surface area (Å²) < 4.78 is 41.8. The number of alkyl halides is 3. The van der Waals surface area contributed by atoms with Crippen molar-refractivity contribution in [3.63, 3.8) is 0 Å². The van der Waals surface area contributed by atoms with Crippen LogP contribution < -0.4 is 0 Å². The van der Waals surface area contributed by atoms with Crippen LogP contribution in [0, 0.1) is 10.1 Å². The third-order valence-electron chi connectivity index (χ3n) is 2.14. The molecule has 8 heteroatoms. The summed E-state index contributed by atoms with van der Waals surface area (Å²) >= 11 is 0. The molecular weight excluding hydrogens is 267 g/mol. The molecule has 0 unspecified atom stereocenters. The van der Waals surface area contributed by atoms with Crippen LogP contribution >= 0.6 is 0 Å². The monoisotopic (exact) mass is 275 g/mol. The molecule has 0 saturated heterocycles. The number of nitro benzene ring substituents is 1. The zero-order valence-corrected chi connectivity index (χ0v) is 9.60. The molecule has 0 amide bonds. The van der Waals surface area contributed by atoms with Gasteiger partial charge in [0.25, 0.3) is 5.69 Å². The van der Waals surface area contributed by atoms with Crippen LogP contribution in [-0.2, 0) is 15.7 Å². The van der Waals surface area contributed by atoms with Gasteiger partial charge in [0.2, 0.25) is 0 Å². The highest BCUT2D eigenvalue weighted by molar-refractivity contribution is 5.87. The number of ether oxygens (including phenoxy) is 1. The normalized spacial score (nSPS) is 11.6. The zero-order valence-electron chi connectivity index (χ0n) is 9.60. The van der Waals surface area contributed by atoms with Crippen molar-refractivity contribution in [2.75, 3.05) is 7.11 Å². The molecule has 5 nitrogen and oxygen atoms in total. The molecule has 0 aromatic heterocycles. The maximum atomic E-state index is 12.5. The number of carbonyl (C=O) groups excluding carboxylic acids is 1. The molecule has 0 bridgehead atoms. The van der Waals surface area contributed by atoms with Crippen molar-refractivity contribution < 1.29 is 27.6 Å². The predicted molar refractivity (Wildman–Crippen MR) is 59.1 cm³/mol. The van der Waals surface area contributed by atoms with Gasteiger partial charge in [-0.2, -0.15) is 13.2 Å². The lowest BCUT2D eigenvalue weighted by Crippen LogP contribution is -2.08. The Morgan fingerprint density at radius 3 is 2.53 bits per heavy atom. The van der Waals surface area contributed by atoms with Crippen molar-refractivity contribution in [1.82, 2.24) is 0 Å². The van der Waals surface area contributed by atoms with Gasteiger partial charge in [-0.1, -0.05) is 6.07 Å². The molecule has 102 valence electrons. The molecule has 0 aliphatic carbocycles. The molecule has 0 atom stereocenters. The molecule has 1 rings (SSSR count). The highest BCUT2D eigenvalue weighted by atomic mass is 19.4. The molecule has 0 spiro atoms. The maximum Gasteiger partial charge on any atom is 0.422 e. The second-order valence-electron chi connectivity index (χ2n) is 3.39. The summed E-state index contributed by atoms with van der Waals surface area (Å²) in [6.45, 7) is 0. The number of esters is 1.